The first-order chi connectivity index (χ1) is 16.0. The largest absolute Gasteiger partial charge is 0.378 e. The van der Waals surface area contributed by atoms with E-state index in [4.69, 9.17) is 4.74 Å². The lowest BCUT2D eigenvalue weighted by Gasteiger charge is -2.29. The number of morpholine rings is 1. The molecule has 0 spiro atoms. The second-order valence-corrected chi connectivity index (χ2v) is 8.58. The minimum Gasteiger partial charge on any atom is -0.378 e. The molecule has 1 aliphatic heterocycles. The number of halogens is 1. The van der Waals surface area contributed by atoms with Gasteiger partial charge in [0.2, 0.25) is 0 Å². The molecule has 2 heterocycles. The highest BCUT2D eigenvalue weighted by molar-refractivity contribution is 9.10. The Morgan fingerprint density at radius 1 is 0.970 bits per heavy atom. The fourth-order valence-electron chi connectivity index (χ4n) is 4.04. The number of anilines is 1. The van der Waals surface area contributed by atoms with E-state index in [0.29, 0.717) is 42.8 Å². The summed E-state index contributed by atoms with van der Waals surface area (Å²) in [5.74, 6) is 0. The fraction of sp³-hybridized carbons (Fsp3) is 0.167. The van der Waals surface area contributed by atoms with E-state index in [1.165, 1.54) is 10.7 Å². The third-order valence-electron chi connectivity index (χ3n) is 5.69. The number of ether oxygens (including phenoxy) is 1. The standard InChI is InChI=1S/C24H20BrN4O4/c25-17-7-5-16(6-8-17)23-19-3-1-2-4-20(19)24(30)28(26-23)22-15-18(9-10-21(22)29(31)32)27-11-13-33-14-12-27/h1-10,15H,11-14H2,(H,31,32)/q+1. The number of aromatic nitrogens is 2. The molecule has 8 nitrogen and oxygen atoms in total. The molecule has 1 aliphatic rings. The maximum Gasteiger partial charge on any atom is 0.342 e. The molecule has 0 atom stereocenters. The van der Waals surface area contributed by atoms with Gasteiger partial charge < -0.3 is 9.64 Å². The summed E-state index contributed by atoms with van der Waals surface area (Å²) in [6.45, 7) is 2.55. The van der Waals surface area contributed by atoms with Crippen molar-refractivity contribution < 1.29 is 14.9 Å². The average molecular weight is 508 g/mol. The number of hydrogen-bond donors (Lipinski definition) is 1. The van der Waals surface area contributed by atoms with Crippen molar-refractivity contribution in [3.8, 4) is 16.9 Å². The van der Waals surface area contributed by atoms with Gasteiger partial charge in [-0.15, -0.1) is 0 Å². The van der Waals surface area contributed by atoms with Gasteiger partial charge in [0.15, 0.2) is 5.69 Å². The van der Waals surface area contributed by atoms with Gasteiger partial charge in [-0.2, -0.15) is 9.78 Å². The summed E-state index contributed by atoms with van der Waals surface area (Å²) in [6, 6.07) is 19.8. The molecular weight excluding hydrogens is 488 g/mol. The summed E-state index contributed by atoms with van der Waals surface area (Å²) in [5, 5.41) is 15.6. The van der Waals surface area contributed by atoms with Crippen LogP contribution in [0.3, 0.4) is 0 Å². The van der Waals surface area contributed by atoms with E-state index in [-0.39, 0.29) is 21.9 Å². The van der Waals surface area contributed by atoms with E-state index in [9.17, 15) is 14.9 Å². The lowest BCUT2D eigenvalue weighted by molar-refractivity contribution is -0.729. The van der Waals surface area contributed by atoms with E-state index in [0.717, 1.165) is 15.7 Å². The van der Waals surface area contributed by atoms with Crippen LogP contribution in [-0.2, 0) is 4.74 Å². The quantitative estimate of drug-likeness (QED) is 0.410. The van der Waals surface area contributed by atoms with Crippen molar-refractivity contribution in [1.29, 1.82) is 0 Å². The predicted octanol–water partition coefficient (Wildman–Crippen LogP) is 4.45. The van der Waals surface area contributed by atoms with E-state index < -0.39 is 0 Å². The minimum absolute atomic E-state index is 0.0707. The predicted molar refractivity (Wildman–Crippen MR) is 129 cm³/mol. The first kappa shape index (κ1) is 21.3. The molecule has 5 rings (SSSR count). The zero-order valence-electron chi connectivity index (χ0n) is 17.5. The van der Waals surface area contributed by atoms with Crippen LogP contribution in [0.4, 0.5) is 11.4 Å². The number of rotatable bonds is 4. The Kier molecular flexibility index (Phi) is 5.65. The van der Waals surface area contributed by atoms with Crippen LogP contribution in [0.5, 0.6) is 0 Å². The van der Waals surface area contributed by atoms with Crippen molar-refractivity contribution in [3.63, 3.8) is 0 Å². The average Bonchev–Trinajstić information content (AvgIpc) is 2.85. The maximum atomic E-state index is 13.5. The molecule has 1 saturated heterocycles. The van der Waals surface area contributed by atoms with Gasteiger partial charge in [0.1, 0.15) is 0 Å². The number of hydrogen-bond acceptors (Lipinski definition) is 5. The molecule has 4 aromatic rings. The fourth-order valence-corrected chi connectivity index (χ4v) is 4.30. The zero-order chi connectivity index (χ0) is 22.9. The molecule has 166 valence electrons. The Labute approximate surface area is 197 Å². The maximum absolute atomic E-state index is 13.5. The SMILES string of the molecule is O=c1c2ccccc2c(-c2ccc(Br)cc2)nn1-c1cc(N2CCOCC2)ccc1[N+](=O)O. The molecule has 1 N–H and O–H groups in total. The Morgan fingerprint density at radius 2 is 1.67 bits per heavy atom. The molecule has 3 aromatic carbocycles. The van der Waals surface area contributed by atoms with Gasteiger partial charge in [0.05, 0.1) is 29.2 Å². The molecule has 33 heavy (non-hydrogen) atoms. The molecule has 0 aliphatic carbocycles. The number of fused-ring (bicyclic) bond motifs is 1. The van der Waals surface area contributed by atoms with Crippen molar-refractivity contribution in [2.75, 3.05) is 31.2 Å². The summed E-state index contributed by atoms with van der Waals surface area (Å²) in [6.07, 6.45) is 0. The first-order valence-corrected chi connectivity index (χ1v) is 11.2. The van der Waals surface area contributed by atoms with Crippen LogP contribution in [0.1, 0.15) is 0 Å². The van der Waals surface area contributed by atoms with Crippen LogP contribution in [-0.4, -0.2) is 46.2 Å². The lowest BCUT2D eigenvalue weighted by Crippen LogP contribution is -2.36. The van der Waals surface area contributed by atoms with Gasteiger partial charge in [-0.05, 0) is 30.3 Å². The third-order valence-corrected chi connectivity index (χ3v) is 6.22. The molecule has 1 aromatic heterocycles. The summed E-state index contributed by atoms with van der Waals surface area (Å²) < 4.78 is 7.55. The molecule has 0 radical (unpaired) electrons. The van der Waals surface area contributed by atoms with Gasteiger partial charge in [0, 0.05) is 40.3 Å². The van der Waals surface area contributed by atoms with Crippen LogP contribution in [0, 0.1) is 4.91 Å². The Hall–Kier alpha value is -3.56. The van der Waals surface area contributed by atoms with Crippen LogP contribution in [0.25, 0.3) is 27.7 Å². The third kappa shape index (κ3) is 4.01. The van der Waals surface area contributed by atoms with Crippen molar-refractivity contribution in [3.05, 3.63) is 86.5 Å². The van der Waals surface area contributed by atoms with Crippen molar-refractivity contribution in [2.45, 2.75) is 0 Å². The molecule has 0 saturated carbocycles. The summed E-state index contributed by atoms with van der Waals surface area (Å²) in [4.78, 5) is 27.3. The summed E-state index contributed by atoms with van der Waals surface area (Å²) in [5.41, 5.74) is 1.97. The molecular formula is C24H20BrN4O4+. The van der Waals surface area contributed by atoms with Crippen molar-refractivity contribution in [2.24, 2.45) is 0 Å². The molecule has 0 bridgehead atoms. The van der Waals surface area contributed by atoms with Crippen molar-refractivity contribution >= 4 is 38.1 Å². The van der Waals surface area contributed by atoms with Crippen LogP contribution in [0.15, 0.2) is 76.0 Å². The number of benzene rings is 3. The number of nitrogens with zero attached hydrogens (tertiary/aromatic N) is 4. The lowest BCUT2D eigenvalue weighted by atomic mass is 10.0. The summed E-state index contributed by atoms with van der Waals surface area (Å²) in [7, 11) is 0. The molecule has 0 amide bonds. The second-order valence-electron chi connectivity index (χ2n) is 7.66. The van der Waals surface area contributed by atoms with Gasteiger partial charge in [-0.3, -0.25) is 4.79 Å². The van der Waals surface area contributed by atoms with Crippen LogP contribution >= 0.6 is 15.9 Å². The van der Waals surface area contributed by atoms with Crippen molar-refractivity contribution in [1.82, 2.24) is 9.78 Å². The highest BCUT2D eigenvalue weighted by atomic mass is 79.9. The van der Waals surface area contributed by atoms with Gasteiger partial charge in [0.25, 0.3) is 10.5 Å². The van der Waals surface area contributed by atoms with E-state index in [1.54, 1.807) is 24.3 Å². The highest BCUT2D eigenvalue weighted by Gasteiger charge is 2.25. The van der Waals surface area contributed by atoms with Gasteiger partial charge >= 0.3 is 5.69 Å². The zero-order valence-corrected chi connectivity index (χ0v) is 19.1. The minimum atomic E-state index is -0.381. The monoisotopic (exact) mass is 507 g/mol. The Balaban J connectivity index is 1.77. The Bertz CT molecular complexity index is 1410. The van der Waals surface area contributed by atoms with Crippen LogP contribution in [0.2, 0.25) is 0 Å². The molecule has 0 unspecified atom stereocenters. The smallest absolute Gasteiger partial charge is 0.342 e. The van der Waals surface area contributed by atoms with E-state index in [2.05, 4.69) is 25.9 Å². The normalized spacial score (nSPS) is 13.9. The Morgan fingerprint density at radius 3 is 2.36 bits per heavy atom. The highest BCUT2D eigenvalue weighted by Crippen LogP contribution is 2.30. The van der Waals surface area contributed by atoms with Crippen LogP contribution < -0.4 is 10.5 Å². The molecule has 9 heteroatoms. The second kappa shape index (κ2) is 8.76. The van der Waals surface area contributed by atoms with E-state index >= 15 is 0 Å². The van der Waals surface area contributed by atoms with Gasteiger partial charge in [-0.25, -0.2) is 5.21 Å². The van der Waals surface area contributed by atoms with E-state index in [1.807, 2.05) is 36.4 Å². The summed E-state index contributed by atoms with van der Waals surface area (Å²) >= 11 is 3.44. The molecule has 1 fully saturated rings. The topological polar surface area (TPSA) is 87.7 Å². The first-order valence-electron chi connectivity index (χ1n) is 10.4. The van der Waals surface area contributed by atoms with Gasteiger partial charge in [-0.1, -0.05) is 46.3 Å².